The van der Waals surface area contributed by atoms with E-state index in [2.05, 4.69) is 10.2 Å². The Hall–Kier alpha value is -1.92. The van der Waals surface area contributed by atoms with Crippen LogP contribution < -0.4 is 11.1 Å². The van der Waals surface area contributed by atoms with Gasteiger partial charge in [0.1, 0.15) is 0 Å². The number of carbonyl (C=O) groups excluding carboxylic acids is 2. The summed E-state index contributed by atoms with van der Waals surface area (Å²) in [5, 5.41) is 2.85. The van der Waals surface area contributed by atoms with E-state index in [0.717, 1.165) is 38.4 Å². The van der Waals surface area contributed by atoms with Crippen molar-refractivity contribution >= 4 is 17.5 Å². The summed E-state index contributed by atoms with van der Waals surface area (Å²) in [4.78, 5) is 27.5. The Morgan fingerprint density at radius 3 is 2.21 bits per heavy atom. The molecule has 1 atom stereocenters. The van der Waals surface area contributed by atoms with Crippen LogP contribution in [0, 0.1) is 5.92 Å². The lowest BCUT2D eigenvalue weighted by Gasteiger charge is -2.34. The first kappa shape index (κ1) is 18.4. The second-order valence-corrected chi connectivity index (χ2v) is 6.74. The molecule has 0 bridgehead atoms. The highest BCUT2D eigenvalue weighted by Crippen LogP contribution is 2.14. The second kappa shape index (κ2) is 8.26. The summed E-state index contributed by atoms with van der Waals surface area (Å²) in [7, 11) is 0. The molecule has 0 unspecified atom stereocenters. The minimum atomic E-state index is -0.498. The van der Waals surface area contributed by atoms with Gasteiger partial charge in [0.15, 0.2) is 0 Å². The van der Waals surface area contributed by atoms with E-state index in [1.54, 1.807) is 6.92 Å². The maximum atomic E-state index is 12.0. The van der Waals surface area contributed by atoms with Gasteiger partial charge in [-0.05, 0) is 23.6 Å². The van der Waals surface area contributed by atoms with Crippen LogP contribution >= 0.6 is 0 Å². The maximum absolute atomic E-state index is 12.0. The van der Waals surface area contributed by atoms with Crippen LogP contribution in [0.2, 0.25) is 0 Å². The summed E-state index contributed by atoms with van der Waals surface area (Å²) in [5.74, 6) is 0.102. The largest absolute Gasteiger partial charge is 0.340 e. The fourth-order valence-electron chi connectivity index (χ4n) is 2.70. The number of nitrogens with two attached hydrogens (primary N) is 1. The van der Waals surface area contributed by atoms with Gasteiger partial charge in [0.2, 0.25) is 11.8 Å². The van der Waals surface area contributed by atoms with E-state index in [9.17, 15) is 9.59 Å². The minimum Gasteiger partial charge on any atom is -0.340 e. The van der Waals surface area contributed by atoms with Crippen molar-refractivity contribution in [3.8, 4) is 0 Å². The van der Waals surface area contributed by atoms with Crippen LogP contribution in [0.25, 0.3) is 0 Å². The Labute approximate surface area is 144 Å². The molecule has 0 aliphatic carbocycles. The second-order valence-electron chi connectivity index (χ2n) is 6.74. The van der Waals surface area contributed by atoms with Crippen molar-refractivity contribution in [1.29, 1.82) is 0 Å². The molecule has 132 valence electrons. The zero-order chi connectivity index (χ0) is 17.7. The van der Waals surface area contributed by atoms with Gasteiger partial charge in [-0.2, -0.15) is 0 Å². The first-order valence-corrected chi connectivity index (χ1v) is 8.50. The molecule has 1 aliphatic heterocycles. The molecule has 1 saturated heterocycles. The highest BCUT2D eigenvalue weighted by molar-refractivity contribution is 5.94. The summed E-state index contributed by atoms with van der Waals surface area (Å²) in [6.45, 7) is 9.69. The highest BCUT2D eigenvalue weighted by Gasteiger charge is 2.19. The lowest BCUT2D eigenvalue weighted by atomic mass is 10.0. The van der Waals surface area contributed by atoms with Crippen LogP contribution in [0.15, 0.2) is 24.3 Å². The van der Waals surface area contributed by atoms with Crippen LogP contribution in [-0.4, -0.2) is 53.8 Å². The number of piperazine rings is 1. The van der Waals surface area contributed by atoms with Crippen molar-refractivity contribution in [2.45, 2.75) is 33.4 Å². The first-order valence-electron chi connectivity index (χ1n) is 8.50. The third-order valence-electron chi connectivity index (χ3n) is 4.47. The summed E-state index contributed by atoms with van der Waals surface area (Å²) in [6, 6.07) is 7.36. The van der Waals surface area contributed by atoms with Gasteiger partial charge in [0, 0.05) is 45.3 Å². The molecule has 3 N–H and O–H groups in total. The van der Waals surface area contributed by atoms with Crippen LogP contribution in [0.1, 0.15) is 26.3 Å². The lowest BCUT2D eigenvalue weighted by Crippen LogP contribution is -2.47. The van der Waals surface area contributed by atoms with E-state index in [1.807, 2.05) is 43.0 Å². The van der Waals surface area contributed by atoms with E-state index in [-0.39, 0.29) is 17.7 Å². The van der Waals surface area contributed by atoms with Crippen LogP contribution in [0.4, 0.5) is 5.69 Å². The average molecular weight is 332 g/mol. The fraction of sp³-hybridized carbons (Fsp3) is 0.556. The summed E-state index contributed by atoms with van der Waals surface area (Å²) in [5.41, 5.74) is 7.80. The van der Waals surface area contributed by atoms with Gasteiger partial charge in [-0.25, -0.2) is 0 Å². The average Bonchev–Trinajstić information content (AvgIpc) is 2.56. The minimum absolute atomic E-state index is 0.109. The normalized spacial score (nSPS) is 17.0. The molecular formula is C18H28N4O2. The Bertz CT molecular complexity index is 563. The van der Waals surface area contributed by atoms with E-state index in [1.165, 1.54) is 5.56 Å². The lowest BCUT2D eigenvalue weighted by molar-refractivity contribution is -0.130. The molecule has 0 radical (unpaired) electrons. The van der Waals surface area contributed by atoms with E-state index >= 15 is 0 Å². The number of hydrogen-bond acceptors (Lipinski definition) is 4. The number of benzene rings is 1. The molecular weight excluding hydrogens is 304 g/mol. The number of hydrogen-bond donors (Lipinski definition) is 2. The molecule has 0 aromatic heterocycles. The molecule has 0 saturated carbocycles. The molecule has 2 amide bonds. The molecule has 6 heteroatoms. The summed E-state index contributed by atoms with van der Waals surface area (Å²) >= 11 is 0. The van der Waals surface area contributed by atoms with Gasteiger partial charge in [-0.3, -0.25) is 14.5 Å². The number of amides is 2. The Balaban J connectivity index is 1.84. The van der Waals surface area contributed by atoms with Crippen molar-refractivity contribution in [3.05, 3.63) is 29.8 Å². The smallest absolute Gasteiger partial charge is 0.241 e. The molecule has 6 nitrogen and oxygen atoms in total. The predicted octanol–water partition coefficient (Wildman–Crippen LogP) is 1.27. The fourth-order valence-corrected chi connectivity index (χ4v) is 2.70. The van der Waals surface area contributed by atoms with Gasteiger partial charge < -0.3 is 16.0 Å². The zero-order valence-corrected chi connectivity index (χ0v) is 14.8. The van der Waals surface area contributed by atoms with Crippen LogP contribution in [-0.2, 0) is 16.1 Å². The first-order chi connectivity index (χ1) is 11.4. The van der Waals surface area contributed by atoms with Crippen molar-refractivity contribution in [3.63, 3.8) is 0 Å². The molecule has 0 spiro atoms. The number of nitrogens with one attached hydrogen (secondary N) is 1. The number of rotatable bonds is 5. The van der Waals surface area contributed by atoms with Crippen molar-refractivity contribution in [2.75, 3.05) is 31.5 Å². The van der Waals surface area contributed by atoms with E-state index in [0.29, 0.717) is 0 Å². The quantitative estimate of drug-likeness (QED) is 0.851. The molecule has 24 heavy (non-hydrogen) atoms. The molecule has 1 heterocycles. The number of nitrogens with zero attached hydrogens (tertiary/aromatic N) is 2. The number of anilines is 1. The highest BCUT2D eigenvalue weighted by atomic mass is 16.2. The summed E-state index contributed by atoms with van der Waals surface area (Å²) in [6.07, 6.45) is 0. The SMILES string of the molecule is CC(=O)N1CCN(Cc2ccc(NC(=O)[C@@H](N)C(C)C)cc2)CC1. The van der Waals surface area contributed by atoms with Gasteiger partial charge in [0.05, 0.1) is 6.04 Å². The third kappa shape index (κ3) is 5.04. The molecule has 1 fully saturated rings. The van der Waals surface area contributed by atoms with Crippen LogP contribution in [0.3, 0.4) is 0 Å². The van der Waals surface area contributed by atoms with Gasteiger partial charge in [0.25, 0.3) is 0 Å². The van der Waals surface area contributed by atoms with Gasteiger partial charge >= 0.3 is 0 Å². The Morgan fingerprint density at radius 2 is 1.71 bits per heavy atom. The topological polar surface area (TPSA) is 78.7 Å². The standard InChI is InChI=1S/C18H28N4O2/c1-13(2)17(19)18(24)20-16-6-4-15(5-7-16)12-21-8-10-22(11-9-21)14(3)23/h4-7,13,17H,8-12,19H2,1-3H3,(H,20,24)/t17-/m0/s1. The molecule has 1 aromatic rings. The van der Waals surface area contributed by atoms with E-state index < -0.39 is 6.04 Å². The van der Waals surface area contributed by atoms with Crippen molar-refractivity contribution in [1.82, 2.24) is 9.80 Å². The molecule has 1 aliphatic rings. The van der Waals surface area contributed by atoms with E-state index in [4.69, 9.17) is 5.73 Å². The number of carbonyl (C=O) groups is 2. The van der Waals surface area contributed by atoms with Gasteiger partial charge in [-0.1, -0.05) is 26.0 Å². The van der Waals surface area contributed by atoms with Crippen molar-refractivity contribution in [2.24, 2.45) is 11.7 Å². The zero-order valence-electron chi connectivity index (χ0n) is 14.8. The monoisotopic (exact) mass is 332 g/mol. The van der Waals surface area contributed by atoms with Crippen LogP contribution in [0.5, 0.6) is 0 Å². The third-order valence-corrected chi connectivity index (χ3v) is 4.47. The summed E-state index contributed by atoms with van der Waals surface area (Å²) < 4.78 is 0. The predicted molar refractivity (Wildman–Crippen MR) is 95.4 cm³/mol. The van der Waals surface area contributed by atoms with Crippen molar-refractivity contribution < 1.29 is 9.59 Å². The Kier molecular flexibility index (Phi) is 6.34. The maximum Gasteiger partial charge on any atom is 0.241 e. The Morgan fingerprint density at radius 1 is 1.12 bits per heavy atom. The molecule has 2 rings (SSSR count). The van der Waals surface area contributed by atoms with Gasteiger partial charge in [-0.15, -0.1) is 0 Å². The molecule has 1 aromatic carbocycles.